The number of carbonyl (C=O) groups excluding carboxylic acids is 1. The molecule has 19 heavy (non-hydrogen) atoms. The maximum Gasteiger partial charge on any atom is 0.226 e. The van der Waals surface area contributed by atoms with Crippen LogP contribution in [-0.4, -0.2) is 23.9 Å². The van der Waals surface area contributed by atoms with Crippen LogP contribution in [0.5, 0.6) is 0 Å². The summed E-state index contributed by atoms with van der Waals surface area (Å²) in [6.45, 7) is 8.54. The van der Waals surface area contributed by atoms with Crippen LogP contribution in [0.2, 0.25) is 0 Å². The quantitative estimate of drug-likeness (QED) is 0.810. The molecule has 2 nitrogen and oxygen atoms in total. The van der Waals surface area contributed by atoms with Crippen LogP contribution in [0.15, 0.2) is 18.2 Å². The molecular weight excluding hydrogens is 234 g/mol. The first-order valence-electron chi connectivity index (χ1n) is 7.51. The second-order valence-corrected chi connectivity index (χ2v) is 5.81. The van der Waals surface area contributed by atoms with Gasteiger partial charge in [0.15, 0.2) is 0 Å². The Morgan fingerprint density at radius 3 is 2.53 bits per heavy atom. The molecule has 0 bridgehead atoms. The van der Waals surface area contributed by atoms with E-state index in [0.29, 0.717) is 12.3 Å². The van der Waals surface area contributed by atoms with Gasteiger partial charge in [-0.2, -0.15) is 0 Å². The molecule has 1 fully saturated rings. The number of hydrogen-bond donors (Lipinski definition) is 0. The Balaban J connectivity index is 2.10. The van der Waals surface area contributed by atoms with Crippen molar-refractivity contribution in [2.75, 3.05) is 13.1 Å². The third kappa shape index (κ3) is 3.37. The lowest BCUT2D eigenvalue weighted by Gasteiger charge is -2.17. The van der Waals surface area contributed by atoms with E-state index < -0.39 is 0 Å². The number of hydrogen-bond acceptors (Lipinski definition) is 1. The van der Waals surface area contributed by atoms with E-state index in [1.807, 2.05) is 4.90 Å². The predicted molar refractivity (Wildman–Crippen MR) is 79.4 cm³/mol. The minimum atomic E-state index is 0.289. The molecule has 0 aliphatic carbocycles. The average molecular weight is 259 g/mol. The standard InChI is InChI=1S/C17H25NO/c1-4-15-11-14(7-8-16(15)13(2)3)12-17(19)18-9-5-6-10-18/h7-8,11,13H,4-6,9-10,12H2,1-3H3. The molecule has 1 aliphatic heterocycles. The van der Waals surface area contributed by atoms with Crippen molar-refractivity contribution in [2.45, 2.75) is 52.4 Å². The molecule has 2 rings (SSSR count). The van der Waals surface area contributed by atoms with Crippen molar-refractivity contribution in [1.29, 1.82) is 0 Å². The molecule has 0 N–H and O–H groups in total. The van der Waals surface area contributed by atoms with E-state index in [1.54, 1.807) is 0 Å². The fourth-order valence-corrected chi connectivity index (χ4v) is 2.89. The van der Waals surface area contributed by atoms with Crippen molar-refractivity contribution in [2.24, 2.45) is 0 Å². The summed E-state index contributed by atoms with van der Waals surface area (Å²) < 4.78 is 0. The first-order valence-corrected chi connectivity index (χ1v) is 7.51. The van der Waals surface area contributed by atoms with Gasteiger partial charge < -0.3 is 4.90 Å². The SMILES string of the molecule is CCc1cc(CC(=O)N2CCCC2)ccc1C(C)C. The molecule has 2 heteroatoms. The summed E-state index contributed by atoms with van der Waals surface area (Å²) in [5.41, 5.74) is 3.97. The van der Waals surface area contributed by atoms with Crippen LogP contribution in [0.25, 0.3) is 0 Å². The minimum absolute atomic E-state index is 0.289. The van der Waals surface area contributed by atoms with Crippen molar-refractivity contribution in [3.63, 3.8) is 0 Å². The Morgan fingerprint density at radius 1 is 1.26 bits per heavy atom. The number of amides is 1. The first-order chi connectivity index (χ1) is 9.11. The molecule has 1 aromatic rings. The Kier molecular flexibility index (Phi) is 4.62. The molecule has 1 aromatic carbocycles. The van der Waals surface area contributed by atoms with Crippen molar-refractivity contribution in [1.82, 2.24) is 4.90 Å². The van der Waals surface area contributed by atoms with Crippen molar-refractivity contribution in [3.8, 4) is 0 Å². The fourth-order valence-electron chi connectivity index (χ4n) is 2.89. The summed E-state index contributed by atoms with van der Waals surface area (Å²) in [6.07, 6.45) is 3.93. The highest BCUT2D eigenvalue weighted by Gasteiger charge is 2.18. The summed E-state index contributed by atoms with van der Waals surface area (Å²) in [5, 5.41) is 0. The largest absolute Gasteiger partial charge is 0.342 e. The third-order valence-electron chi connectivity index (χ3n) is 4.02. The lowest BCUT2D eigenvalue weighted by molar-refractivity contribution is -0.129. The summed E-state index contributed by atoms with van der Waals surface area (Å²) >= 11 is 0. The van der Waals surface area contributed by atoms with Crippen LogP contribution in [0, 0.1) is 0 Å². The Bertz CT molecular complexity index is 445. The van der Waals surface area contributed by atoms with Crippen LogP contribution < -0.4 is 0 Å². The number of benzene rings is 1. The van der Waals surface area contributed by atoms with E-state index in [0.717, 1.165) is 37.9 Å². The number of aryl methyl sites for hydroxylation is 1. The Morgan fingerprint density at radius 2 is 1.95 bits per heavy atom. The van der Waals surface area contributed by atoms with Gasteiger partial charge in [-0.3, -0.25) is 4.79 Å². The van der Waals surface area contributed by atoms with Gasteiger partial charge in [-0.25, -0.2) is 0 Å². The van der Waals surface area contributed by atoms with Gasteiger partial charge in [0.05, 0.1) is 6.42 Å². The van der Waals surface area contributed by atoms with E-state index in [1.165, 1.54) is 11.1 Å². The zero-order chi connectivity index (χ0) is 13.8. The molecule has 0 spiro atoms. The zero-order valence-electron chi connectivity index (χ0n) is 12.4. The van der Waals surface area contributed by atoms with Crippen molar-refractivity contribution >= 4 is 5.91 Å². The minimum Gasteiger partial charge on any atom is -0.342 e. The molecule has 0 saturated carbocycles. The summed E-state index contributed by atoms with van der Waals surface area (Å²) in [7, 11) is 0. The molecule has 1 aliphatic rings. The topological polar surface area (TPSA) is 20.3 Å². The van der Waals surface area contributed by atoms with Crippen LogP contribution in [0.4, 0.5) is 0 Å². The third-order valence-corrected chi connectivity index (χ3v) is 4.02. The summed E-state index contributed by atoms with van der Waals surface area (Å²) in [5.74, 6) is 0.843. The van der Waals surface area contributed by atoms with E-state index >= 15 is 0 Å². The molecule has 0 atom stereocenters. The van der Waals surface area contributed by atoms with E-state index in [9.17, 15) is 4.79 Å². The average Bonchev–Trinajstić information content (AvgIpc) is 2.92. The normalized spacial score (nSPS) is 15.3. The smallest absolute Gasteiger partial charge is 0.226 e. The Hall–Kier alpha value is -1.31. The maximum atomic E-state index is 12.2. The number of rotatable bonds is 4. The van der Waals surface area contributed by atoms with Gasteiger partial charge in [-0.1, -0.05) is 39.0 Å². The van der Waals surface area contributed by atoms with E-state index in [2.05, 4.69) is 39.0 Å². The van der Waals surface area contributed by atoms with Gasteiger partial charge in [0.1, 0.15) is 0 Å². The highest BCUT2D eigenvalue weighted by Crippen LogP contribution is 2.22. The maximum absolute atomic E-state index is 12.2. The van der Waals surface area contributed by atoms with Gasteiger partial charge >= 0.3 is 0 Å². The van der Waals surface area contributed by atoms with Crippen molar-refractivity contribution in [3.05, 3.63) is 34.9 Å². The van der Waals surface area contributed by atoms with Gasteiger partial charge in [-0.05, 0) is 41.9 Å². The van der Waals surface area contributed by atoms with Crippen LogP contribution in [-0.2, 0) is 17.6 Å². The zero-order valence-corrected chi connectivity index (χ0v) is 12.4. The van der Waals surface area contributed by atoms with Gasteiger partial charge in [-0.15, -0.1) is 0 Å². The Labute approximate surface area is 116 Å². The molecule has 0 aromatic heterocycles. The monoisotopic (exact) mass is 259 g/mol. The molecule has 1 saturated heterocycles. The second kappa shape index (κ2) is 6.23. The number of nitrogens with zero attached hydrogens (tertiary/aromatic N) is 1. The first kappa shape index (κ1) is 14.1. The highest BCUT2D eigenvalue weighted by molar-refractivity contribution is 5.79. The fraction of sp³-hybridized carbons (Fsp3) is 0.588. The predicted octanol–water partition coefficient (Wildman–Crippen LogP) is 3.54. The summed E-state index contributed by atoms with van der Waals surface area (Å²) in [4.78, 5) is 14.2. The van der Waals surface area contributed by atoms with Gasteiger partial charge in [0.2, 0.25) is 5.91 Å². The molecular formula is C17H25NO. The van der Waals surface area contributed by atoms with Crippen LogP contribution >= 0.6 is 0 Å². The molecule has 0 unspecified atom stereocenters. The number of carbonyl (C=O) groups is 1. The molecule has 0 radical (unpaired) electrons. The lowest BCUT2D eigenvalue weighted by Crippen LogP contribution is -2.29. The summed E-state index contributed by atoms with van der Waals surface area (Å²) in [6, 6.07) is 6.56. The van der Waals surface area contributed by atoms with Gasteiger partial charge in [0.25, 0.3) is 0 Å². The molecule has 104 valence electrons. The second-order valence-electron chi connectivity index (χ2n) is 5.81. The van der Waals surface area contributed by atoms with Gasteiger partial charge in [0, 0.05) is 13.1 Å². The van der Waals surface area contributed by atoms with E-state index in [4.69, 9.17) is 0 Å². The molecule has 1 heterocycles. The van der Waals surface area contributed by atoms with Crippen molar-refractivity contribution < 1.29 is 4.79 Å². The lowest BCUT2D eigenvalue weighted by atomic mass is 9.93. The number of likely N-dealkylation sites (tertiary alicyclic amines) is 1. The van der Waals surface area contributed by atoms with E-state index in [-0.39, 0.29) is 5.91 Å². The molecule has 1 amide bonds. The van der Waals surface area contributed by atoms with Crippen LogP contribution in [0.1, 0.15) is 56.2 Å². The highest BCUT2D eigenvalue weighted by atomic mass is 16.2. The van der Waals surface area contributed by atoms with Crippen LogP contribution in [0.3, 0.4) is 0 Å².